The van der Waals surface area contributed by atoms with Crippen LogP contribution in [-0.4, -0.2) is 31.8 Å². The lowest BCUT2D eigenvalue weighted by molar-refractivity contribution is -0.232. The standard InChI is InChI=1S/C25H35F3O6S/c1-15(29)33-16-7-10-24(6)21(3)11-12-22(4)19(34-35(31,32)25(26,27)28)8-9-20(22,2)17(21)13-18(30)23(24,5)14-16/h8,16-17H,7,9-14H2,1-6H3/t16-,17?,20-,21-,22+,23+,24+/m0/s1. The molecular formula is C25H35F3O6S. The Bertz CT molecular complexity index is 1100. The van der Waals surface area contributed by atoms with Crippen LogP contribution in [0.2, 0.25) is 0 Å². The molecule has 0 aromatic carbocycles. The highest BCUT2D eigenvalue weighted by Gasteiger charge is 2.74. The van der Waals surface area contributed by atoms with Gasteiger partial charge in [0, 0.05) is 24.2 Å². The van der Waals surface area contributed by atoms with E-state index in [0.29, 0.717) is 38.5 Å². The second-order valence-corrected chi connectivity index (χ2v) is 13.8. The van der Waals surface area contributed by atoms with Crippen LogP contribution in [0.3, 0.4) is 0 Å². The predicted molar refractivity (Wildman–Crippen MR) is 121 cm³/mol. The molecule has 0 bridgehead atoms. The molecule has 3 fully saturated rings. The van der Waals surface area contributed by atoms with E-state index in [1.54, 1.807) is 6.92 Å². The predicted octanol–water partition coefficient (Wildman–Crippen LogP) is 5.67. The van der Waals surface area contributed by atoms with E-state index in [4.69, 9.17) is 8.92 Å². The third kappa shape index (κ3) is 3.29. The summed E-state index contributed by atoms with van der Waals surface area (Å²) in [6, 6.07) is 0. The Morgan fingerprint density at radius 3 is 2.23 bits per heavy atom. The summed E-state index contributed by atoms with van der Waals surface area (Å²) < 4.78 is 73.1. The molecule has 3 saturated carbocycles. The fourth-order valence-corrected chi connectivity index (χ4v) is 8.94. The number of ether oxygens (including phenoxy) is 1. The number of fused-ring (bicyclic) bond motifs is 5. The number of hydrogen-bond donors (Lipinski definition) is 0. The molecule has 0 aliphatic heterocycles. The molecule has 35 heavy (non-hydrogen) atoms. The van der Waals surface area contributed by atoms with Crippen molar-refractivity contribution in [3.63, 3.8) is 0 Å². The number of ketones is 1. The summed E-state index contributed by atoms with van der Waals surface area (Å²) in [5.41, 5.74) is -8.55. The second-order valence-electron chi connectivity index (χ2n) is 12.2. The van der Waals surface area contributed by atoms with Crippen LogP contribution in [0.4, 0.5) is 13.2 Å². The van der Waals surface area contributed by atoms with Gasteiger partial charge in [0.1, 0.15) is 17.6 Å². The monoisotopic (exact) mass is 520 g/mol. The maximum atomic E-state index is 13.8. The number of carbonyl (C=O) groups excluding carboxylic acids is 2. The highest BCUT2D eigenvalue weighted by molar-refractivity contribution is 7.87. The Hall–Kier alpha value is -1.58. The number of alkyl halides is 3. The molecule has 0 aromatic heterocycles. The minimum absolute atomic E-state index is 0.0714. The Morgan fingerprint density at radius 1 is 1.03 bits per heavy atom. The molecule has 0 amide bonds. The second kappa shape index (κ2) is 7.48. The first-order valence-electron chi connectivity index (χ1n) is 12.2. The first-order chi connectivity index (χ1) is 15.8. The Labute approximate surface area is 205 Å². The van der Waals surface area contributed by atoms with Gasteiger partial charge in [-0.25, -0.2) is 0 Å². The zero-order chi connectivity index (χ0) is 26.5. The quantitative estimate of drug-likeness (QED) is 0.271. The maximum absolute atomic E-state index is 13.8. The van der Waals surface area contributed by atoms with E-state index in [1.807, 2.05) is 13.8 Å². The molecule has 0 N–H and O–H groups in total. The number of carbonyl (C=O) groups is 2. The highest BCUT2D eigenvalue weighted by Crippen LogP contribution is 2.77. The number of allylic oxidation sites excluding steroid dienone is 2. The SMILES string of the molecule is CC(=O)O[C@H]1CC[C@]2(C)[C@@]3(C)CC[C@]4(C)C(OS(=O)(=O)C(F)(F)F)=CC[C@@]4(C)C3CC(=O)[C@@]2(C)C1. The molecule has 0 radical (unpaired) electrons. The average Bonchev–Trinajstić information content (AvgIpc) is 2.96. The van der Waals surface area contributed by atoms with Crippen molar-refractivity contribution >= 4 is 21.9 Å². The minimum atomic E-state index is -5.79. The van der Waals surface area contributed by atoms with Gasteiger partial charge in [0.05, 0.1) is 0 Å². The van der Waals surface area contributed by atoms with Crippen molar-refractivity contribution in [1.82, 2.24) is 0 Å². The molecule has 4 aliphatic rings. The first kappa shape index (κ1) is 26.5. The minimum Gasteiger partial charge on any atom is -0.463 e. The molecule has 0 aromatic rings. The summed E-state index contributed by atoms with van der Waals surface area (Å²) in [5.74, 6) is -0.629. The van der Waals surface area contributed by atoms with Crippen LogP contribution in [0.25, 0.3) is 0 Å². The smallest absolute Gasteiger partial charge is 0.463 e. The molecule has 198 valence electrons. The van der Waals surface area contributed by atoms with Gasteiger partial charge in [-0.3, -0.25) is 9.59 Å². The maximum Gasteiger partial charge on any atom is 0.534 e. The first-order valence-corrected chi connectivity index (χ1v) is 13.6. The van der Waals surface area contributed by atoms with Crippen LogP contribution in [-0.2, 0) is 28.6 Å². The molecule has 0 spiro atoms. The molecule has 1 unspecified atom stereocenters. The normalized spacial score (nSPS) is 45.6. The van der Waals surface area contributed by atoms with Crippen molar-refractivity contribution in [2.24, 2.45) is 33.0 Å². The molecule has 0 saturated heterocycles. The van der Waals surface area contributed by atoms with Crippen molar-refractivity contribution in [3.8, 4) is 0 Å². The van der Waals surface area contributed by atoms with Crippen molar-refractivity contribution in [2.75, 3.05) is 0 Å². The lowest BCUT2D eigenvalue weighted by Gasteiger charge is -2.71. The summed E-state index contributed by atoms with van der Waals surface area (Å²) in [6.45, 7) is 11.4. The van der Waals surface area contributed by atoms with Crippen molar-refractivity contribution in [2.45, 2.75) is 98.1 Å². The van der Waals surface area contributed by atoms with Gasteiger partial charge < -0.3 is 8.92 Å². The fraction of sp³-hybridized carbons (Fsp3) is 0.840. The van der Waals surface area contributed by atoms with Crippen molar-refractivity contribution < 1.29 is 40.1 Å². The third-order valence-corrected chi connectivity index (χ3v) is 12.1. The summed E-state index contributed by atoms with van der Waals surface area (Å²) in [4.78, 5) is 25.4. The van der Waals surface area contributed by atoms with Gasteiger partial charge in [-0.2, -0.15) is 21.6 Å². The van der Waals surface area contributed by atoms with Gasteiger partial charge in [-0.1, -0.05) is 34.6 Å². The zero-order valence-corrected chi connectivity index (χ0v) is 22.0. The number of rotatable bonds is 3. The van der Waals surface area contributed by atoms with E-state index in [-0.39, 0.29) is 41.4 Å². The van der Waals surface area contributed by atoms with Gasteiger partial charge in [-0.15, -0.1) is 0 Å². The van der Waals surface area contributed by atoms with Gasteiger partial charge in [-0.05, 0) is 66.8 Å². The van der Waals surface area contributed by atoms with Crippen LogP contribution in [0.1, 0.15) is 86.5 Å². The molecule has 4 rings (SSSR count). The molecule has 4 aliphatic carbocycles. The molecule has 7 atom stereocenters. The van der Waals surface area contributed by atoms with E-state index < -0.39 is 37.3 Å². The zero-order valence-electron chi connectivity index (χ0n) is 21.2. The van der Waals surface area contributed by atoms with Crippen LogP contribution >= 0.6 is 0 Å². The number of Topliss-reactive ketones (excluding diaryl/α,β-unsaturated/α-hetero) is 1. The van der Waals surface area contributed by atoms with Gasteiger partial charge in [0.15, 0.2) is 0 Å². The van der Waals surface area contributed by atoms with E-state index >= 15 is 0 Å². The molecule has 10 heteroatoms. The number of hydrogen-bond acceptors (Lipinski definition) is 6. The summed E-state index contributed by atoms with van der Waals surface area (Å²) in [7, 11) is -5.79. The fourth-order valence-electron chi connectivity index (χ4n) is 8.35. The van der Waals surface area contributed by atoms with Crippen LogP contribution in [0.15, 0.2) is 11.8 Å². The largest absolute Gasteiger partial charge is 0.534 e. The van der Waals surface area contributed by atoms with Gasteiger partial charge >= 0.3 is 21.6 Å². The molecule has 0 heterocycles. The average molecular weight is 521 g/mol. The molecular weight excluding hydrogens is 485 g/mol. The van der Waals surface area contributed by atoms with Crippen LogP contribution in [0.5, 0.6) is 0 Å². The van der Waals surface area contributed by atoms with E-state index in [0.717, 1.165) is 0 Å². The topological polar surface area (TPSA) is 86.7 Å². The number of esters is 1. The van der Waals surface area contributed by atoms with E-state index in [1.165, 1.54) is 13.0 Å². The van der Waals surface area contributed by atoms with Crippen LogP contribution < -0.4 is 0 Å². The Balaban J connectivity index is 1.71. The van der Waals surface area contributed by atoms with Crippen molar-refractivity contribution in [3.05, 3.63) is 11.8 Å². The van der Waals surface area contributed by atoms with Gasteiger partial charge in [0.25, 0.3) is 0 Å². The summed E-state index contributed by atoms with van der Waals surface area (Å²) in [5, 5.41) is 0. The summed E-state index contributed by atoms with van der Waals surface area (Å²) in [6.07, 6.45) is 4.59. The number of halogens is 3. The van der Waals surface area contributed by atoms with E-state index in [2.05, 4.69) is 13.8 Å². The lowest BCUT2D eigenvalue weighted by atomic mass is 9.32. The lowest BCUT2D eigenvalue weighted by Crippen LogP contribution is -2.68. The van der Waals surface area contributed by atoms with E-state index in [9.17, 15) is 31.2 Å². The van der Waals surface area contributed by atoms with Gasteiger partial charge in [0.2, 0.25) is 0 Å². The van der Waals surface area contributed by atoms with Crippen molar-refractivity contribution in [1.29, 1.82) is 0 Å². The summed E-state index contributed by atoms with van der Waals surface area (Å²) >= 11 is 0. The highest BCUT2D eigenvalue weighted by atomic mass is 32.2. The Kier molecular flexibility index (Phi) is 5.66. The Morgan fingerprint density at radius 2 is 1.66 bits per heavy atom. The third-order valence-electron chi connectivity index (χ3n) is 11.1. The molecule has 6 nitrogen and oxygen atoms in total. The van der Waals surface area contributed by atoms with Crippen LogP contribution in [0, 0.1) is 33.0 Å².